The van der Waals surface area contributed by atoms with Gasteiger partial charge in [0.25, 0.3) is 0 Å². The Morgan fingerprint density at radius 3 is 1.87 bits per heavy atom. The van der Waals surface area contributed by atoms with Gasteiger partial charge in [-0.2, -0.15) is 0 Å². The topological polar surface area (TPSA) is 161 Å². The molecule has 0 bridgehead atoms. The predicted molar refractivity (Wildman–Crippen MR) is 94.8 cm³/mol. The summed E-state index contributed by atoms with van der Waals surface area (Å²) in [5.41, 5.74) is 0. The molecule has 0 radical (unpaired) electrons. The minimum absolute atomic E-state index is 0.216. The van der Waals surface area contributed by atoms with E-state index in [2.05, 4.69) is 0 Å². The number of carbonyl (C=O) groups is 5. The number of rotatable bonds is 10. The van der Waals surface area contributed by atoms with E-state index in [4.69, 9.17) is 33.5 Å². The molecular weight excluding hydrogens is 408 g/mol. The van der Waals surface area contributed by atoms with Gasteiger partial charge in [-0.25, -0.2) is 0 Å². The first-order valence-electron chi connectivity index (χ1n) is 9.17. The Labute approximate surface area is 172 Å². The summed E-state index contributed by atoms with van der Waals surface area (Å²) < 4.78 is 31.4. The number of hydrogen-bond acceptors (Lipinski definition) is 11. The van der Waals surface area contributed by atoms with Crippen molar-refractivity contribution in [1.82, 2.24) is 0 Å². The number of carboxylic acids is 1. The first kappa shape index (κ1) is 25.3. The van der Waals surface area contributed by atoms with Gasteiger partial charge in [0.15, 0.2) is 24.6 Å². The largest absolute Gasteiger partial charge is 0.481 e. The number of ether oxygens (including phenoxy) is 6. The van der Waals surface area contributed by atoms with Crippen molar-refractivity contribution in [3.05, 3.63) is 0 Å². The highest BCUT2D eigenvalue weighted by Crippen LogP contribution is 2.29. The van der Waals surface area contributed by atoms with E-state index >= 15 is 0 Å². The van der Waals surface area contributed by atoms with Crippen LogP contribution in [0.15, 0.2) is 0 Å². The van der Waals surface area contributed by atoms with Gasteiger partial charge in [-0.1, -0.05) is 0 Å². The number of hydrogen-bond donors (Lipinski definition) is 1. The lowest BCUT2D eigenvalue weighted by Gasteiger charge is -2.43. The summed E-state index contributed by atoms with van der Waals surface area (Å²) in [6.07, 6.45) is -6.11. The molecule has 1 rings (SSSR count). The summed E-state index contributed by atoms with van der Waals surface area (Å²) in [5.74, 6) is -3.88. The summed E-state index contributed by atoms with van der Waals surface area (Å²) in [4.78, 5) is 56.6. The quantitative estimate of drug-likeness (QED) is 0.361. The first-order valence-corrected chi connectivity index (χ1v) is 9.17. The zero-order valence-corrected chi connectivity index (χ0v) is 17.2. The molecule has 1 heterocycles. The van der Waals surface area contributed by atoms with Crippen molar-refractivity contribution in [3.8, 4) is 0 Å². The van der Waals surface area contributed by atoms with Crippen LogP contribution >= 0.6 is 0 Å². The molecule has 30 heavy (non-hydrogen) atoms. The van der Waals surface area contributed by atoms with Gasteiger partial charge in [-0.15, -0.1) is 0 Å². The Morgan fingerprint density at radius 2 is 1.33 bits per heavy atom. The molecule has 0 aromatic rings. The van der Waals surface area contributed by atoms with E-state index in [0.717, 1.165) is 20.8 Å². The van der Waals surface area contributed by atoms with Crippen LogP contribution in [0, 0.1) is 0 Å². The summed E-state index contributed by atoms with van der Waals surface area (Å²) in [5, 5.41) is 8.52. The van der Waals surface area contributed by atoms with Gasteiger partial charge in [0, 0.05) is 20.8 Å². The molecule has 1 aliphatic rings. The normalized spacial score (nSPS) is 25.7. The van der Waals surface area contributed by atoms with Crippen molar-refractivity contribution in [2.75, 3.05) is 13.2 Å². The van der Waals surface area contributed by atoms with Gasteiger partial charge >= 0.3 is 29.8 Å². The highest BCUT2D eigenvalue weighted by atomic mass is 16.7. The van der Waals surface area contributed by atoms with Crippen LogP contribution in [0.4, 0.5) is 0 Å². The van der Waals surface area contributed by atoms with Crippen LogP contribution in [0.3, 0.4) is 0 Å². The molecule has 12 nitrogen and oxygen atoms in total. The molecule has 0 amide bonds. The van der Waals surface area contributed by atoms with Crippen LogP contribution in [0.1, 0.15) is 40.5 Å². The lowest BCUT2D eigenvalue weighted by molar-refractivity contribution is -0.300. The lowest BCUT2D eigenvalue weighted by Crippen LogP contribution is -2.61. The van der Waals surface area contributed by atoms with Crippen molar-refractivity contribution in [2.24, 2.45) is 0 Å². The Bertz CT molecular complexity index is 645. The van der Waals surface area contributed by atoms with E-state index in [1.807, 2.05) is 0 Å². The molecule has 0 saturated carbocycles. The molecule has 1 fully saturated rings. The SMILES string of the molecule is CC(=O)OC1C(OC(C)=O)[C@@H](OC(C)=O)C(C)O[C@H]1OCCC(=O)OCCC(=O)O. The molecule has 1 N–H and O–H groups in total. The average molecular weight is 434 g/mol. The molecule has 1 aliphatic heterocycles. The second-order valence-corrected chi connectivity index (χ2v) is 6.42. The molecule has 0 aliphatic carbocycles. The summed E-state index contributed by atoms with van der Waals surface area (Å²) in [6.45, 7) is 4.48. The van der Waals surface area contributed by atoms with Crippen LogP contribution < -0.4 is 0 Å². The van der Waals surface area contributed by atoms with Gasteiger partial charge in [0.05, 0.1) is 25.6 Å². The number of carboxylic acid groups (broad SMARTS) is 1. The second-order valence-electron chi connectivity index (χ2n) is 6.42. The van der Waals surface area contributed by atoms with E-state index in [1.165, 1.54) is 0 Å². The van der Waals surface area contributed by atoms with Gasteiger partial charge in [-0.3, -0.25) is 24.0 Å². The molecule has 0 aromatic heterocycles. The molecule has 1 saturated heterocycles. The van der Waals surface area contributed by atoms with E-state index in [1.54, 1.807) is 6.92 Å². The van der Waals surface area contributed by atoms with Crippen LogP contribution in [0.2, 0.25) is 0 Å². The maximum absolute atomic E-state index is 11.6. The summed E-state index contributed by atoms with van der Waals surface area (Å²) >= 11 is 0. The van der Waals surface area contributed by atoms with E-state index in [0.29, 0.717) is 0 Å². The highest BCUT2D eigenvalue weighted by molar-refractivity contribution is 5.71. The zero-order valence-electron chi connectivity index (χ0n) is 17.2. The van der Waals surface area contributed by atoms with E-state index in [9.17, 15) is 24.0 Å². The zero-order chi connectivity index (χ0) is 22.8. The smallest absolute Gasteiger partial charge is 0.308 e. The first-order chi connectivity index (χ1) is 14.0. The second kappa shape index (κ2) is 12.1. The summed E-state index contributed by atoms with van der Waals surface area (Å²) in [6, 6.07) is 0. The fourth-order valence-corrected chi connectivity index (χ4v) is 2.69. The Morgan fingerprint density at radius 1 is 0.800 bits per heavy atom. The van der Waals surface area contributed by atoms with Crippen molar-refractivity contribution in [1.29, 1.82) is 0 Å². The number of esters is 4. The summed E-state index contributed by atoms with van der Waals surface area (Å²) in [7, 11) is 0. The Kier molecular flexibility index (Phi) is 10.2. The van der Waals surface area contributed by atoms with Crippen molar-refractivity contribution in [2.45, 2.75) is 71.2 Å². The van der Waals surface area contributed by atoms with Gasteiger partial charge in [0.1, 0.15) is 6.61 Å². The molecule has 5 atom stereocenters. The average Bonchev–Trinajstić information content (AvgIpc) is 2.59. The third-order valence-corrected chi connectivity index (χ3v) is 3.80. The van der Waals surface area contributed by atoms with E-state index < -0.39 is 60.6 Å². The van der Waals surface area contributed by atoms with Crippen LogP contribution in [-0.4, -0.2) is 78.9 Å². The van der Waals surface area contributed by atoms with Crippen LogP contribution in [0.25, 0.3) is 0 Å². The third-order valence-electron chi connectivity index (χ3n) is 3.80. The van der Waals surface area contributed by atoms with Gasteiger partial charge in [-0.05, 0) is 6.92 Å². The number of aliphatic carboxylic acids is 1. The van der Waals surface area contributed by atoms with Crippen LogP contribution in [-0.2, 0) is 52.4 Å². The maximum atomic E-state index is 11.6. The predicted octanol–water partition coefficient (Wildman–Crippen LogP) is -0.0491. The Hall–Kier alpha value is -2.73. The maximum Gasteiger partial charge on any atom is 0.308 e. The minimum atomic E-state index is -1.27. The van der Waals surface area contributed by atoms with Crippen LogP contribution in [0.5, 0.6) is 0 Å². The fraction of sp³-hybridized carbons (Fsp3) is 0.722. The molecule has 170 valence electrons. The molecule has 0 spiro atoms. The van der Waals surface area contributed by atoms with Gasteiger partial charge < -0.3 is 33.5 Å². The van der Waals surface area contributed by atoms with E-state index in [-0.39, 0.29) is 26.1 Å². The fourth-order valence-electron chi connectivity index (χ4n) is 2.69. The molecule has 3 unspecified atom stereocenters. The Balaban J connectivity index is 2.83. The van der Waals surface area contributed by atoms with Gasteiger partial charge in [0.2, 0.25) is 0 Å². The minimum Gasteiger partial charge on any atom is -0.481 e. The highest BCUT2D eigenvalue weighted by Gasteiger charge is 2.50. The standard InChI is InChI=1S/C18H26O12/c1-9-15(28-10(2)19)16(29-11(3)20)17(30-12(4)21)18(27-9)26-8-6-14(24)25-7-5-13(22)23/h9,15-18H,5-8H2,1-4H3,(H,22,23)/t9?,15-,16?,17?,18+/m0/s1. The molecule has 0 aromatic carbocycles. The monoisotopic (exact) mass is 434 g/mol. The number of carbonyl (C=O) groups excluding carboxylic acids is 4. The van der Waals surface area contributed by atoms with Crippen molar-refractivity contribution in [3.63, 3.8) is 0 Å². The molecular formula is C18H26O12. The molecule has 12 heteroatoms. The van der Waals surface area contributed by atoms with Crippen molar-refractivity contribution >= 4 is 29.8 Å². The lowest BCUT2D eigenvalue weighted by atomic mass is 9.99. The third kappa shape index (κ3) is 8.74. The van der Waals surface area contributed by atoms with Crippen molar-refractivity contribution < 1.29 is 57.5 Å².